The number of nitrogens with zero attached hydrogens (tertiary/aromatic N) is 1. The maximum Gasteiger partial charge on any atom is 0.270 e. The first-order valence-electron chi connectivity index (χ1n) is 6.20. The van der Waals surface area contributed by atoms with Crippen LogP contribution in [0, 0.1) is 6.92 Å². The summed E-state index contributed by atoms with van der Waals surface area (Å²) in [6, 6.07) is 4.48. The van der Waals surface area contributed by atoms with Crippen LogP contribution in [0.2, 0.25) is 0 Å². The number of hydrogen-bond acceptors (Lipinski definition) is 3. The number of carbonyl (C=O) groups excluding carboxylic acids is 1. The van der Waals surface area contributed by atoms with Crippen LogP contribution in [0.3, 0.4) is 0 Å². The van der Waals surface area contributed by atoms with Crippen LogP contribution in [0.5, 0.6) is 0 Å². The van der Waals surface area contributed by atoms with Crippen molar-refractivity contribution in [3.05, 3.63) is 29.6 Å². The molecule has 1 amide bonds. The zero-order valence-electron chi connectivity index (χ0n) is 10.2. The molecule has 0 radical (unpaired) electrons. The van der Waals surface area contributed by atoms with Crippen LogP contribution in [0.1, 0.15) is 35.3 Å². The summed E-state index contributed by atoms with van der Waals surface area (Å²) in [6.45, 7) is 3.58. The van der Waals surface area contributed by atoms with E-state index in [1.807, 2.05) is 19.1 Å². The van der Waals surface area contributed by atoms with E-state index in [2.05, 4.69) is 15.6 Å². The molecule has 2 rings (SSSR count). The lowest BCUT2D eigenvalue weighted by molar-refractivity contribution is 0.0947. The molecule has 0 spiro atoms. The van der Waals surface area contributed by atoms with Crippen molar-refractivity contribution in [3.63, 3.8) is 0 Å². The topological polar surface area (TPSA) is 54.0 Å². The van der Waals surface area contributed by atoms with E-state index in [1.165, 1.54) is 12.8 Å². The Morgan fingerprint density at radius 1 is 1.47 bits per heavy atom. The Balaban J connectivity index is 1.67. The van der Waals surface area contributed by atoms with Crippen LogP contribution in [0.15, 0.2) is 18.3 Å². The molecule has 1 aromatic rings. The number of aromatic nitrogens is 1. The predicted molar refractivity (Wildman–Crippen MR) is 66.9 cm³/mol. The summed E-state index contributed by atoms with van der Waals surface area (Å²) in [4.78, 5) is 15.9. The van der Waals surface area contributed by atoms with Crippen LogP contribution in [0.25, 0.3) is 0 Å². The first kappa shape index (κ1) is 12.0. The van der Waals surface area contributed by atoms with Gasteiger partial charge in [0.05, 0.1) is 0 Å². The molecule has 0 saturated heterocycles. The second-order valence-electron chi connectivity index (χ2n) is 4.51. The molecular formula is C13H19N3O. The fraction of sp³-hybridized carbons (Fsp3) is 0.538. The molecule has 1 saturated carbocycles. The summed E-state index contributed by atoms with van der Waals surface area (Å²) in [7, 11) is 0. The van der Waals surface area contributed by atoms with Crippen LogP contribution in [0.4, 0.5) is 0 Å². The van der Waals surface area contributed by atoms with Gasteiger partial charge in [-0.1, -0.05) is 6.07 Å². The number of nitrogens with one attached hydrogen (secondary N) is 2. The highest BCUT2D eigenvalue weighted by atomic mass is 16.1. The van der Waals surface area contributed by atoms with Crippen LogP contribution >= 0.6 is 0 Å². The minimum Gasteiger partial charge on any atom is -0.351 e. The van der Waals surface area contributed by atoms with Gasteiger partial charge in [-0.15, -0.1) is 0 Å². The highest BCUT2D eigenvalue weighted by molar-refractivity contribution is 5.93. The number of pyridine rings is 1. The van der Waals surface area contributed by atoms with E-state index in [4.69, 9.17) is 0 Å². The number of carbonyl (C=O) groups is 1. The van der Waals surface area contributed by atoms with Gasteiger partial charge in [-0.05, 0) is 44.4 Å². The van der Waals surface area contributed by atoms with E-state index < -0.39 is 0 Å². The Hall–Kier alpha value is -1.42. The van der Waals surface area contributed by atoms with Crippen molar-refractivity contribution in [2.75, 3.05) is 13.1 Å². The molecule has 1 heterocycles. The molecule has 4 nitrogen and oxygen atoms in total. The lowest BCUT2D eigenvalue weighted by Gasteiger charge is -2.06. The number of amides is 1. The second-order valence-corrected chi connectivity index (χ2v) is 4.51. The number of aryl methyl sites for hydroxylation is 1. The molecule has 92 valence electrons. The zero-order valence-corrected chi connectivity index (χ0v) is 10.2. The Morgan fingerprint density at radius 2 is 2.29 bits per heavy atom. The third-order valence-electron chi connectivity index (χ3n) is 2.87. The summed E-state index contributed by atoms with van der Waals surface area (Å²) in [5.74, 6) is -0.0745. The Morgan fingerprint density at radius 3 is 3.00 bits per heavy atom. The summed E-state index contributed by atoms with van der Waals surface area (Å²) in [5, 5.41) is 6.31. The summed E-state index contributed by atoms with van der Waals surface area (Å²) in [6.07, 6.45) is 5.23. The molecule has 1 aromatic heterocycles. The van der Waals surface area contributed by atoms with E-state index in [0.29, 0.717) is 12.2 Å². The van der Waals surface area contributed by atoms with Gasteiger partial charge in [-0.25, -0.2) is 0 Å². The second kappa shape index (κ2) is 5.77. The van der Waals surface area contributed by atoms with Gasteiger partial charge in [0.25, 0.3) is 5.91 Å². The average Bonchev–Trinajstić information content (AvgIpc) is 3.13. The maximum absolute atomic E-state index is 11.8. The van der Waals surface area contributed by atoms with Crippen molar-refractivity contribution in [1.82, 2.24) is 15.6 Å². The summed E-state index contributed by atoms with van der Waals surface area (Å²) < 4.78 is 0. The van der Waals surface area contributed by atoms with Gasteiger partial charge in [-0.2, -0.15) is 0 Å². The van der Waals surface area contributed by atoms with E-state index in [-0.39, 0.29) is 5.91 Å². The molecule has 1 aliphatic rings. The first-order valence-corrected chi connectivity index (χ1v) is 6.20. The molecule has 17 heavy (non-hydrogen) atoms. The quantitative estimate of drug-likeness (QED) is 0.727. The Bertz CT molecular complexity index is 388. The van der Waals surface area contributed by atoms with Gasteiger partial charge in [0.1, 0.15) is 5.69 Å². The third-order valence-corrected chi connectivity index (χ3v) is 2.87. The first-order chi connectivity index (χ1) is 8.27. The van der Waals surface area contributed by atoms with E-state index in [9.17, 15) is 4.79 Å². The predicted octanol–water partition coefficient (Wildman–Crippen LogP) is 1.26. The smallest absolute Gasteiger partial charge is 0.270 e. The van der Waals surface area contributed by atoms with Crippen LogP contribution < -0.4 is 10.6 Å². The van der Waals surface area contributed by atoms with Crippen molar-refractivity contribution in [1.29, 1.82) is 0 Å². The molecule has 1 aliphatic carbocycles. The number of rotatable bonds is 6. The van der Waals surface area contributed by atoms with Gasteiger partial charge in [-0.3, -0.25) is 9.78 Å². The monoisotopic (exact) mass is 233 g/mol. The van der Waals surface area contributed by atoms with Crippen molar-refractivity contribution >= 4 is 5.91 Å². The molecular weight excluding hydrogens is 214 g/mol. The van der Waals surface area contributed by atoms with Crippen molar-refractivity contribution in [3.8, 4) is 0 Å². The molecule has 1 fully saturated rings. The Labute approximate surface area is 102 Å². The van der Waals surface area contributed by atoms with Gasteiger partial charge < -0.3 is 10.6 Å². The van der Waals surface area contributed by atoms with Crippen molar-refractivity contribution in [2.24, 2.45) is 0 Å². The highest BCUT2D eigenvalue weighted by Gasteiger charge is 2.19. The molecule has 0 unspecified atom stereocenters. The number of hydrogen-bond donors (Lipinski definition) is 2. The minimum absolute atomic E-state index is 0.0745. The molecule has 0 atom stereocenters. The molecule has 0 aromatic carbocycles. The van der Waals surface area contributed by atoms with Gasteiger partial charge in [0.2, 0.25) is 0 Å². The lowest BCUT2D eigenvalue weighted by atomic mass is 10.2. The fourth-order valence-electron chi connectivity index (χ4n) is 1.69. The minimum atomic E-state index is -0.0745. The zero-order chi connectivity index (χ0) is 12.1. The van der Waals surface area contributed by atoms with Crippen molar-refractivity contribution < 1.29 is 4.79 Å². The highest BCUT2D eigenvalue weighted by Crippen LogP contribution is 2.18. The standard InChI is InChI=1S/C13H19N3O/c1-10-4-2-7-15-12(10)13(17)16-9-3-8-14-11-5-6-11/h2,4,7,11,14H,3,5-6,8-9H2,1H3,(H,16,17). The lowest BCUT2D eigenvalue weighted by Crippen LogP contribution is -2.29. The van der Waals surface area contributed by atoms with Crippen LogP contribution in [-0.4, -0.2) is 30.0 Å². The summed E-state index contributed by atoms with van der Waals surface area (Å²) >= 11 is 0. The van der Waals surface area contributed by atoms with Crippen molar-refractivity contribution in [2.45, 2.75) is 32.2 Å². The summed E-state index contributed by atoms with van der Waals surface area (Å²) in [5.41, 5.74) is 1.45. The van der Waals surface area contributed by atoms with Gasteiger partial charge >= 0.3 is 0 Å². The molecule has 0 aliphatic heterocycles. The van der Waals surface area contributed by atoms with E-state index in [1.54, 1.807) is 6.20 Å². The average molecular weight is 233 g/mol. The van der Waals surface area contributed by atoms with E-state index in [0.717, 1.165) is 24.6 Å². The Kier molecular flexibility index (Phi) is 4.09. The maximum atomic E-state index is 11.8. The molecule has 4 heteroatoms. The fourth-order valence-corrected chi connectivity index (χ4v) is 1.69. The SMILES string of the molecule is Cc1cccnc1C(=O)NCCCNC1CC1. The normalized spacial score (nSPS) is 14.6. The van der Waals surface area contributed by atoms with Crippen LogP contribution in [-0.2, 0) is 0 Å². The van der Waals surface area contributed by atoms with Gasteiger partial charge in [0.15, 0.2) is 0 Å². The van der Waals surface area contributed by atoms with Gasteiger partial charge in [0, 0.05) is 18.8 Å². The largest absolute Gasteiger partial charge is 0.351 e. The molecule has 2 N–H and O–H groups in total. The molecule has 0 bridgehead atoms. The third kappa shape index (κ3) is 3.82. The van der Waals surface area contributed by atoms with E-state index >= 15 is 0 Å².